The summed E-state index contributed by atoms with van der Waals surface area (Å²) in [5.74, 6) is 1.38. The molecule has 1 fully saturated rings. The number of nitrogens with one attached hydrogen (secondary N) is 1. The first-order valence-corrected chi connectivity index (χ1v) is 8.97. The van der Waals surface area contributed by atoms with Crippen LogP contribution in [0, 0.1) is 0 Å². The topological polar surface area (TPSA) is 108 Å². The number of rotatable bonds is 3. The zero-order chi connectivity index (χ0) is 18.8. The van der Waals surface area contributed by atoms with Crippen molar-refractivity contribution in [2.24, 2.45) is 10.9 Å². The summed E-state index contributed by atoms with van der Waals surface area (Å²) in [5.41, 5.74) is 8.78. The van der Waals surface area contributed by atoms with Gasteiger partial charge in [0.05, 0.1) is 11.0 Å². The molecule has 4 N–H and O–H groups in total. The second-order valence-corrected chi connectivity index (χ2v) is 6.77. The Hall–Kier alpha value is -3.35. The van der Waals surface area contributed by atoms with Crippen molar-refractivity contribution >= 4 is 22.8 Å². The second-order valence-electron chi connectivity index (χ2n) is 6.77. The lowest BCUT2D eigenvalue weighted by molar-refractivity contribution is 0.0711. The molecule has 27 heavy (non-hydrogen) atoms. The number of fused-ring (bicyclic) bond motifs is 1. The zero-order valence-corrected chi connectivity index (χ0v) is 14.8. The van der Waals surface area contributed by atoms with Crippen molar-refractivity contribution in [1.82, 2.24) is 14.9 Å². The van der Waals surface area contributed by atoms with E-state index in [1.807, 2.05) is 29.2 Å². The highest BCUT2D eigenvalue weighted by molar-refractivity contribution is 5.99. The predicted octanol–water partition coefficient (Wildman–Crippen LogP) is 2.68. The number of hydrogen-bond acceptors (Lipinski definition) is 4. The number of aromatic nitrogens is 2. The number of imidazole rings is 1. The van der Waals surface area contributed by atoms with Gasteiger partial charge in [-0.15, -0.1) is 0 Å². The minimum Gasteiger partial charge on any atom is -0.409 e. The third kappa shape index (κ3) is 3.36. The monoisotopic (exact) mass is 363 g/mol. The van der Waals surface area contributed by atoms with Crippen LogP contribution in [0.5, 0.6) is 0 Å². The predicted molar refractivity (Wildman–Crippen MR) is 103 cm³/mol. The Balaban J connectivity index is 1.41. The molecule has 2 heterocycles. The lowest BCUT2D eigenvalue weighted by Crippen LogP contribution is -2.38. The summed E-state index contributed by atoms with van der Waals surface area (Å²) >= 11 is 0. The molecule has 138 valence electrons. The summed E-state index contributed by atoms with van der Waals surface area (Å²) in [6.07, 6.45) is 1.77. The number of amidine groups is 1. The van der Waals surface area contributed by atoms with Gasteiger partial charge in [-0.05, 0) is 37.1 Å². The number of H-pyrrole nitrogens is 1. The number of oxime groups is 1. The fraction of sp³-hybridized carbons (Fsp3) is 0.250. The van der Waals surface area contributed by atoms with Crippen LogP contribution in [0.2, 0.25) is 0 Å². The number of hydrogen-bond donors (Lipinski definition) is 3. The molecule has 1 aromatic heterocycles. The Bertz CT molecular complexity index is 952. The third-order valence-electron chi connectivity index (χ3n) is 5.11. The number of carbonyl (C=O) groups is 1. The lowest BCUT2D eigenvalue weighted by atomic mass is 9.95. The van der Waals surface area contributed by atoms with Gasteiger partial charge in [0.2, 0.25) is 0 Å². The van der Waals surface area contributed by atoms with Gasteiger partial charge in [-0.1, -0.05) is 29.4 Å². The molecule has 1 amide bonds. The van der Waals surface area contributed by atoms with Gasteiger partial charge in [0.25, 0.3) is 5.91 Å². The van der Waals surface area contributed by atoms with E-state index < -0.39 is 0 Å². The molecule has 1 aliphatic heterocycles. The molecule has 1 aliphatic rings. The van der Waals surface area contributed by atoms with Gasteiger partial charge in [0.15, 0.2) is 5.84 Å². The van der Waals surface area contributed by atoms with E-state index in [9.17, 15) is 4.79 Å². The van der Waals surface area contributed by atoms with Gasteiger partial charge >= 0.3 is 0 Å². The minimum absolute atomic E-state index is 0.00381. The summed E-state index contributed by atoms with van der Waals surface area (Å²) < 4.78 is 0. The number of para-hydroxylation sites is 2. The van der Waals surface area contributed by atoms with E-state index in [0.29, 0.717) is 30.1 Å². The van der Waals surface area contributed by atoms with Gasteiger partial charge in [0.1, 0.15) is 5.82 Å². The van der Waals surface area contributed by atoms with Crippen molar-refractivity contribution in [3.8, 4) is 0 Å². The summed E-state index contributed by atoms with van der Waals surface area (Å²) in [5, 5.41) is 11.7. The summed E-state index contributed by atoms with van der Waals surface area (Å²) in [6, 6.07) is 14.8. The zero-order valence-electron chi connectivity index (χ0n) is 14.8. The average Bonchev–Trinajstić information content (AvgIpc) is 3.17. The Morgan fingerprint density at radius 3 is 2.44 bits per heavy atom. The normalized spacial score (nSPS) is 16.0. The van der Waals surface area contributed by atoms with E-state index in [1.165, 1.54) is 0 Å². The molecule has 0 saturated carbocycles. The summed E-state index contributed by atoms with van der Waals surface area (Å²) in [6.45, 7) is 1.39. The number of benzene rings is 2. The van der Waals surface area contributed by atoms with E-state index in [1.54, 1.807) is 24.3 Å². The van der Waals surface area contributed by atoms with Crippen LogP contribution in [0.4, 0.5) is 0 Å². The fourth-order valence-corrected chi connectivity index (χ4v) is 3.55. The maximum Gasteiger partial charge on any atom is 0.253 e. The van der Waals surface area contributed by atoms with E-state index in [0.717, 1.165) is 29.7 Å². The van der Waals surface area contributed by atoms with Gasteiger partial charge in [0, 0.05) is 30.1 Å². The molecular formula is C20H21N5O2. The number of piperidine rings is 1. The van der Waals surface area contributed by atoms with Crippen molar-refractivity contribution < 1.29 is 10.0 Å². The lowest BCUT2D eigenvalue weighted by Gasteiger charge is -2.31. The van der Waals surface area contributed by atoms with Crippen LogP contribution in [0.1, 0.15) is 40.5 Å². The molecule has 7 heteroatoms. The molecule has 2 aromatic carbocycles. The van der Waals surface area contributed by atoms with Crippen molar-refractivity contribution in [3.63, 3.8) is 0 Å². The Labute approximate surface area is 156 Å². The smallest absolute Gasteiger partial charge is 0.253 e. The highest BCUT2D eigenvalue weighted by Gasteiger charge is 2.26. The van der Waals surface area contributed by atoms with Gasteiger partial charge in [-0.2, -0.15) is 0 Å². The van der Waals surface area contributed by atoms with Gasteiger partial charge in [-0.25, -0.2) is 4.98 Å². The van der Waals surface area contributed by atoms with E-state index in [2.05, 4.69) is 10.1 Å². The molecule has 0 aliphatic carbocycles. The van der Waals surface area contributed by atoms with E-state index in [-0.39, 0.29) is 11.7 Å². The van der Waals surface area contributed by atoms with Gasteiger partial charge in [-0.3, -0.25) is 4.79 Å². The van der Waals surface area contributed by atoms with E-state index in [4.69, 9.17) is 15.9 Å². The Morgan fingerprint density at radius 1 is 1.11 bits per heavy atom. The number of likely N-dealkylation sites (tertiary alicyclic amines) is 1. The van der Waals surface area contributed by atoms with Crippen LogP contribution in [-0.4, -0.2) is 44.9 Å². The highest BCUT2D eigenvalue weighted by atomic mass is 16.4. The Morgan fingerprint density at radius 2 is 1.78 bits per heavy atom. The summed E-state index contributed by atoms with van der Waals surface area (Å²) in [7, 11) is 0. The molecule has 0 unspecified atom stereocenters. The van der Waals surface area contributed by atoms with E-state index >= 15 is 0 Å². The first kappa shape index (κ1) is 17.1. The van der Waals surface area contributed by atoms with Crippen molar-refractivity contribution in [2.45, 2.75) is 18.8 Å². The van der Waals surface area contributed by atoms with Crippen molar-refractivity contribution in [1.29, 1.82) is 0 Å². The average molecular weight is 363 g/mol. The maximum absolute atomic E-state index is 12.7. The first-order valence-electron chi connectivity index (χ1n) is 8.97. The SMILES string of the molecule is N/C(=N\O)c1ccc(C(=O)N2CCC(c3nc4ccccc4[nH]3)CC2)cc1. The quantitative estimate of drug-likeness (QED) is 0.288. The molecule has 0 spiro atoms. The van der Waals surface area contributed by atoms with Gasteiger partial charge < -0.3 is 20.8 Å². The molecule has 4 rings (SSSR count). The van der Waals surface area contributed by atoms with Crippen LogP contribution >= 0.6 is 0 Å². The molecule has 3 aromatic rings. The number of aromatic amines is 1. The van der Waals surface area contributed by atoms with Crippen LogP contribution in [-0.2, 0) is 0 Å². The molecule has 0 bridgehead atoms. The highest BCUT2D eigenvalue weighted by Crippen LogP contribution is 2.28. The molecule has 0 radical (unpaired) electrons. The molecule has 0 atom stereocenters. The largest absolute Gasteiger partial charge is 0.409 e. The van der Waals surface area contributed by atoms with Crippen LogP contribution in [0.3, 0.4) is 0 Å². The first-order chi connectivity index (χ1) is 13.2. The molecule has 7 nitrogen and oxygen atoms in total. The maximum atomic E-state index is 12.7. The van der Waals surface area contributed by atoms with Crippen molar-refractivity contribution in [3.05, 3.63) is 65.5 Å². The van der Waals surface area contributed by atoms with Crippen LogP contribution in [0.15, 0.2) is 53.7 Å². The standard InChI is InChI=1S/C20H21N5O2/c21-18(24-27)13-5-7-15(8-6-13)20(26)25-11-9-14(10-12-25)19-22-16-3-1-2-4-17(16)23-19/h1-8,14,27H,9-12H2,(H2,21,24)(H,22,23). The van der Waals surface area contributed by atoms with Crippen LogP contribution < -0.4 is 5.73 Å². The molecular weight excluding hydrogens is 342 g/mol. The second kappa shape index (κ2) is 7.11. The Kier molecular flexibility index (Phi) is 4.50. The number of amides is 1. The number of nitrogens with two attached hydrogens (primary N) is 1. The fourth-order valence-electron chi connectivity index (χ4n) is 3.55. The number of nitrogens with zero attached hydrogens (tertiary/aromatic N) is 3. The van der Waals surface area contributed by atoms with Crippen LogP contribution in [0.25, 0.3) is 11.0 Å². The van der Waals surface area contributed by atoms with Crippen molar-refractivity contribution in [2.75, 3.05) is 13.1 Å². The number of carbonyl (C=O) groups excluding carboxylic acids is 1. The minimum atomic E-state index is 0.00381. The summed E-state index contributed by atoms with van der Waals surface area (Å²) in [4.78, 5) is 22.7. The molecule has 1 saturated heterocycles. The third-order valence-corrected chi connectivity index (χ3v) is 5.11.